The van der Waals surface area contributed by atoms with Crippen LogP contribution in [0.3, 0.4) is 0 Å². The van der Waals surface area contributed by atoms with Gasteiger partial charge >= 0.3 is 0 Å². The molecule has 1 heterocycles. The average Bonchev–Trinajstić information content (AvgIpc) is 3.25. The molecule has 2 aromatic rings. The van der Waals surface area contributed by atoms with Crippen LogP contribution in [0.1, 0.15) is 24.0 Å². The van der Waals surface area contributed by atoms with Crippen LogP contribution in [0.4, 0.5) is 0 Å². The first kappa shape index (κ1) is 25.6. The number of hydrogen-bond donors (Lipinski definition) is 1. The minimum absolute atomic E-state index is 0.114. The Balaban J connectivity index is 1.49. The Labute approximate surface area is 205 Å². The number of halogens is 2. The van der Waals surface area contributed by atoms with E-state index in [1.807, 2.05) is 48.2 Å². The predicted octanol–water partition coefficient (Wildman–Crippen LogP) is 4.51. The third kappa shape index (κ3) is 7.00. The number of nitrogens with zero attached hydrogens (tertiary/aromatic N) is 1. The van der Waals surface area contributed by atoms with Crippen molar-refractivity contribution in [3.05, 3.63) is 57.6 Å². The molecule has 1 aliphatic rings. The van der Waals surface area contributed by atoms with E-state index in [1.165, 1.54) is 0 Å². The van der Waals surface area contributed by atoms with Crippen molar-refractivity contribution in [3.63, 3.8) is 0 Å². The van der Waals surface area contributed by atoms with Gasteiger partial charge in [0, 0.05) is 20.2 Å². The summed E-state index contributed by atoms with van der Waals surface area (Å²) in [7, 11) is 1.67. The topological polar surface area (TPSA) is 74.0 Å². The minimum Gasteiger partial charge on any atom is -0.490 e. The van der Waals surface area contributed by atoms with Crippen LogP contribution in [-0.2, 0) is 16.0 Å². The summed E-state index contributed by atoms with van der Waals surface area (Å²) < 4.78 is 16.7. The van der Waals surface area contributed by atoms with Gasteiger partial charge in [0.15, 0.2) is 5.75 Å². The number of aryl methyl sites for hydroxylation is 1. The molecule has 0 spiro atoms. The van der Waals surface area contributed by atoms with Gasteiger partial charge in [-0.3, -0.25) is 4.79 Å². The van der Waals surface area contributed by atoms with Crippen LogP contribution in [0, 0.1) is 12.8 Å². The summed E-state index contributed by atoms with van der Waals surface area (Å²) in [6, 6.07) is 11.5. The average molecular weight is 495 g/mol. The quantitative estimate of drug-likeness (QED) is 0.465. The summed E-state index contributed by atoms with van der Waals surface area (Å²) in [6.07, 6.45) is 2.59. The van der Waals surface area contributed by atoms with Crippen molar-refractivity contribution in [2.75, 3.05) is 40.0 Å². The zero-order valence-electron chi connectivity index (χ0n) is 19.2. The molecule has 1 fully saturated rings. The zero-order chi connectivity index (χ0) is 23.8. The Morgan fingerprint density at radius 1 is 1.15 bits per heavy atom. The third-order valence-corrected chi connectivity index (χ3v) is 6.36. The van der Waals surface area contributed by atoms with Gasteiger partial charge in [-0.25, -0.2) is 0 Å². The molecule has 0 saturated carbocycles. The molecule has 0 aromatic heterocycles. The summed E-state index contributed by atoms with van der Waals surface area (Å²) >= 11 is 12.4. The number of benzene rings is 2. The number of rotatable bonds is 11. The molecule has 6 nitrogen and oxygen atoms in total. The lowest BCUT2D eigenvalue weighted by molar-refractivity contribution is -0.136. The van der Waals surface area contributed by atoms with E-state index in [1.54, 1.807) is 7.11 Å². The number of amides is 1. The number of nitrogens with two attached hydrogens (primary N) is 1. The molecule has 1 saturated heterocycles. The third-order valence-electron chi connectivity index (χ3n) is 5.80. The standard InChI is InChI=1S/C25H32Cl2N2O4/c1-17-12-22(26)24(23(27)13-17)33-11-10-32-21-7-5-18(6-8-21)14-19(15-28)25(30)29-9-3-4-20(29)16-31-2/h5-8,12-13,19-20H,3-4,9-11,14-16,28H2,1-2H3/t19?,20-/m1/s1. The van der Waals surface area contributed by atoms with Gasteiger partial charge in [0.1, 0.15) is 19.0 Å². The first-order chi connectivity index (χ1) is 15.9. The highest BCUT2D eigenvalue weighted by Gasteiger charge is 2.32. The number of methoxy groups -OCH3 is 1. The Morgan fingerprint density at radius 3 is 2.45 bits per heavy atom. The molecular weight excluding hydrogens is 463 g/mol. The van der Waals surface area contributed by atoms with Crippen LogP contribution < -0.4 is 15.2 Å². The summed E-state index contributed by atoms with van der Waals surface area (Å²) in [5, 5.41) is 0.964. The number of carbonyl (C=O) groups is 1. The molecular formula is C25H32Cl2N2O4. The monoisotopic (exact) mass is 494 g/mol. The van der Waals surface area contributed by atoms with Crippen LogP contribution in [0.2, 0.25) is 10.0 Å². The van der Waals surface area contributed by atoms with Crippen molar-refractivity contribution < 1.29 is 19.0 Å². The highest BCUT2D eigenvalue weighted by atomic mass is 35.5. The van der Waals surface area contributed by atoms with Gasteiger partial charge in [0.25, 0.3) is 0 Å². The first-order valence-corrected chi connectivity index (χ1v) is 12.0. The molecule has 1 aliphatic heterocycles. The maximum Gasteiger partial charge on any atom is 0.227 e. The van der Waals surface area contributed by atoms with Gasteiger partial charge in [-0.2, -0.15) is 0 Å². The Kier molecular flexibility index (Phi) is 9.68. The Bertz CT molecular complexity index is 900. The highest BCUT2D eigenvalue weighted by molar-refractivity contribution is 6.37. The van der Waals surface area contributed by atoms with Crippen LogP contribution in [0.5, 0.6) is 11.5 Å². The fourth-order valence-electron chi connectivity index (χ4n) is 4.13. The van der Waals surface area contributed by atoms with Crippen LogP contribution in [0.25, 0.3) is 0 Å². The lowest BCUT2D eigenvalue weighted by Gasteiger charge is -2.28. The molecule has 2 aromatic carbocycles. The summed E-state index contributed by atoms with van der Waals surface area (Å²) in [5.41, 5.74) is 7.98. The van der Waals surface area contributed by atoms with Crippen molar-refractivity contribution in [2.45, 2.75) is 32.2 Å². The van der Waals surface area contributed by atoms with Crippen molar-refractivity contribution >= 4 is 29.1 Å². The highest BCUT2D eigenvalue weighted by Crippen LogP contribution is 2.34. The van der Waals surface area contributed by atoms with E-state index in [4.69, 9.17) is 43.1 Å². The molecule has 180 valence electrons. The van der Waals surface area contributed by atoms with Gasteiger partial charge < -0.3 is 24.8 Å². The van der Waals surface area contributed by atoms with E-state index in [2.05, 4.69) is 0 Å². The second-order valence-corrected chi connectivity index (χ2v) is 9.13. The number of likely N-dealkylation sites (tertiary alicyclic amines) is 1. The molecule has 1 unspecified atom stereocenters. The predicted molar refractivity (Wildman–Crippen MR) is 131 cm³/mol. The fraction of sp³-hybridized carbons (Fsp3) is 0.480. The molecule has 1 amide bonds. The molecule has 2 N–H and O–H groups in total. The number of carbonyl (C=O) groups excluding carboxylic acids is 1. The summed E-state index contributed by atoms with van der Waals surface area (Å²) in [6.45, 7) is 4.24. The van der Waals surface area contributed by atoms with E-state index in [0.29, 0.717) is 48.6 Å². The minimum atomic E-state index is -0.244. The van der Waals surface area contributed by atoms with E-state index in [0.717, 1.165) is 36.3 Å². The van der Waals surface area contributed by atoms with Gasteiger partial charge in [0.2, 0.25) is 5.91 Å². The SMILES string of the molecule is COC[C@H]1CCCN1C(=O)C(CN)Cc1ccc(OCCOc2c(Cl)cc(C)cc2Cl)cc1. The van der Waals surface area contributed by atoms with Crippen LogP contribution in [-0.4, -0.2) is 56.9 Å². The lowest BCUT2D eigenvalue weighted by Crippen LogP contribution is -2.44. The number of hydrogen-bond acceptors (Lipinski definition) is 5. The zero-order valence-corrected chi connectivity index (χ0v) is 20.7. The molecule has 0 bridgehead atoms. The van der Waals surface area contributed by atoms with Gasteiger partial charge in [-0.15, -0.1) is 0 Å². The largest absolute Gasteiger partial charge is 0.490 e. The maximum absolute atomic E-state index is 13.0. The normalized spacial score (nSPS) is 16.6. The Morgan fingerprint density at radius 2 is 1.82 bits per heavy atom. The van der Waals surface area contributed by atoms with E-state index in [9.17, 15) is 4.79 Å². The molecule has 8 heteroatoms. The lowest BCUT2D eigenvalue weighted by atomic mass is 9.97. The van der Waals surface area contributed by atoms with Crippen molar-refractivity contribution in [1.29, 1.82) is 0 Å². The molecule has 33 heavy (non-hydrogen) atoms. The van der Waals surface area contributed by atoms with E-state index < -0.39 is 0 Å². The molecule has 0 aliphatic carbocycles. The fourth-order valence-corrected chi connectivity index (χ4v) is 4.84. The second-order valence-electron chi connectivity index (χ2n) is 8.32. The first-order valence-electron chi connectivity index (χ1n) is 11.2. The van der Waals surface area contributed by atoms with Crippen molar-refractivity contribution in [1.82, 2.24) is 4.90 Å². The second kappa shape index (κ2) is 12.5. The molecule has 0 radical (unpaired) electrons. The Hall–Kier alpha value is -1.99. The summed E-state index contributed by atoms with van der Waals surface area (Å²) in [4.78, 5) is 15.0. The van der Waals surface area contributed by atoms with Crippen molar-refractivity contribution in [3.8, 4) is 11.5 Å². The van der Waals surface area contributed by atoms with Gasteiger partial charge in [-0.05, 0) is 61.6 Å². The smallest absolute Gasteiger partial charge is 0.227 e. The van der Waals surface area contributed by atoms with Crippen molar-refractivity contribution in [2.24, 2.45) is 11.7 Å². The molecule has 3 rings (SSSR count). The van der Waals surface area contributed by atoms with Gasteiger partial charge in [-0.1, -0.05) is 35.3 Å². The summed E-state index contributed by atoms with van der Waals surface area (Å²) in [5.74, 6) is 1.06. The molecule has 2 atom stereocenters. The van der Waals surface area contributed by atoms with E-state index in [-0.39, 0.29) is 17.9 Å². The van der Waals surface area contributed by atoms with Crippen LogP contribution >= 0.6 is 23.2 Å². The maximum atomic E-state index is 13.0. The van der Waals surface area contributed by atoms with E-state index >= 15 is 0 Å². The van der Waals surface area contributed by atoms with Gasteiger partial charge in [0.05, 0.1) is 28.6 Å². The number of ether oxygens (including phenoxy) is 3. The van der Waals surface area contributed by atoms with Crippen LogP contribution in [0.15, 0.2) is 36.4 Å².